The van der Waals surface area contributed by atoms with Crippen LogP contribution in [0.15, 0.2) is 41.6 Å². The lowest BCUT2D eigenvalue weighted by atomic mass is 10.2. The minimum absolute atomic E-state index is 0.228. The standard InChI is InChI=1S/C17H19FN2O5/c18-15-3-1-14(2-4-15)13-19-25-12-11-24-10-9-23-8-7-20-16(21)5-6-17(20)22/h1-6,13H,7-12H2. The van der Waals surface area contributed by atoms with Crippen LogP contribution >= 0.6 is 0 Å². The number of amides is 2. The van der Waals surface area contributed by atoms with Crippen LogP contribution in [0.4, 0.5) is 4.39 Å². The van der Waals surface area contributed by atoms with Crippen molar-refractivity contribution in [3.63, 3.8) is 0 Å². The van der Waals surface area contributed by atoms with Crippen molar-refractivity contribution in [1.29, 1.82) is 0 Å². The van der Waals surface area contributed by atoms with E-state index in [0.29, 0.717) is 19.8 Å². The van der Waals surface area contributed by atoms with E-state index in [1.807, 2.05) is 0 Å². The van der Waals surface area contributed by atoms with Gasteiger partial charge in [0.1, 0.15) is 12.4 Å². The molecule has 1 aliphatic heterocycles. The third-order valence-electron chi connectivity index (χ3n) is 3.20. The average Bonchev–Trinajstić information content (AvgIpc) is 2.93. The molecule has 1 aromatic rings. The maximum atomic E-state index is 12.7. The molecule has 25 heavy (non-hydrogen) atoms. The van der Waals surface area contributed by atoms with Gasteiger partial charge < -0.3 is 14.3 Å². The highest BCUT2D eigenvalue weighted by molar-refractivity contribution is 6.12. The van der Waals surface area contributed by atoms with E-state index in [-0.39, 0.29) is 37.4 Å². The molecule has 134 valence electrons. The van der Waals surface area contributed by atoms with Crippen molar-refractivity contribution in [2.24, 2.45) is 5.16 Å². The number of hydrogen-bond donors (Lipinski definition) is 0. The van der Waals surface area contributed by atoms with Crippen molar-refractivity contribution in [1.82, 2.24) is 4.90 Å². The molecule has 1 heterocycles. The monoisotopic (exact) mass is 350 g/mol. The lowest BCUT2D eigenvalue weighted by Gasteiger charge is -2.13. The van der Waals surface area contributed by atoms with Gasteiger partial charge >= 0.3 is 0 Å². The summed E-state index contributed by atoms with van der Waals surface area (Å²) in [5.41, 5.74) is 0.737. The number of rotatable bonds is 11. The Kier molecular flexibility index (Phi) is 7.74. The highest BCUT2D eigenvalue weighted by Crippen LogP contribution is 2.02. The molecule has 0 fully saturated rings. The summed E-state index contributed by atoms with van der Waals surface area (Å²) in [6, 6.07) is 5.87. The summed E-state index contributed by atoms with van der Waals surface area (Å²) in [5, 5.41) is 3.74. The second-order valence-electron chi connectivity index (χ2n) is 5.01. The molecule has 7 nitrogen and oxygen atoms in total. The first-order valence-corrected chi connectivity index (χ1v) is 7.77. The molecular weight excluding hydrogens is 331 g/mol. The number of benzene rings is 1. The number of carbonyl (C=O) groups excluding carboxylic acids is 2. The zero-order valence-corrected chi connectivity index (χ0v) is 13.6. The number of oxime groups is 1. The van der Waals surface area contributed by atoms with Gasteiger partial charge in [-0.2, -0.15) is 0 Å². The molecule has 2 amide bonds. The van der Waals surface area contributed by atoms with Crippen LogP contribution in [-0.2, 0) is 23.9 Å². The number of carbonyl (C=O) groups is 2. The summed E-state index contributed by atoms with van der Waals surface area (Å²) in [6.07, 6.45) is 3.96. The van der Waals surface area contributed by atoms with E-state index in [4.69, 9.17) is 14.3 Å². The van der Waals surface area contributed by atoms with Crippen LogP contribution in [-0.4, -0.2) is 62.5 Å². The van der Waals surface area contributed by atoms with Gasteiger partial charge in [-0.05, 0) is 17.7 Å². The Hall–Kier alpha value is -2.58. The van der Waals surface area contributed by atoms with Gasteiger partial charge in [0.15, 0.2) is 0 Å². The lowest BCUT2D eigenvalue weighted by molar-refractivity contribution is -0.137. The van der Waals surface area contributed by atoms with Crippen molar-refractivity contribution in [2.45, 2.75) is 0 Å². The third kappa shape index (κ3) is 6.82. The van der Waals surface area contributed by atoms with E-state index >= 15 is 0 Å². The number of imide groups is 1. The fraction of sp³-hybridized carbons (Fsp3) is 0.353. The van der Waals surface area contributed by atoms with E-state index < -0.39 is 0 Å². The van der Waals surface area contributed by atoms with Crippen LogP contribution in [0.2, 0.25) is 0 Å². The van der Waals surface area contributed by atoms with Gasteiger partial charge in [0.25, 0.3) is 11.8 Å². The Morgan fingerprint density at radius 2 is 1.52 bits per heavy atom. The summed E-state index contributed by atoms with van der Waals surface area (Å²) < 4.78 is 23.3. The van der Waals surface area contributed by atoms with E-state index in [2.05, 4.69) is 5.16 Å². The average molecular weight is 350 g/mol. The molecule has 0 N–H and O–H groups in total. The fourth-order valence-electron chi connectivity index (χ4n) is 1.93. The van der Waals surface area contributed by atoms with E-state index in [9.17, 15) is 14.0 Å². The molecular formula is C17H19FN2O5. The normalized spacial score (nSPS) is 14.0. The highest BCUT2D eigenvalue weighted by Gasteiger charge is 2.22. The zero-order chi connectivity index (χ0) is 17.9. The van der Waals surface area contributed by atoms with Crippen molar-refractivity contribution in [2.75, 3.05) is 39.6 Å². The van der Waals surface area contributed by atoms with Gasteiger partial charge in [0, 0.05) is 12.2 Å². The maximum Gasteiger partial charge on any atom is 0.253 e. The summed E-state index contributed by atoms with van der Waals surface area (Å²) in [7, 11) is 0. The van der Waals surface area contributed by atoms with E-state index in [1.165, 1.54) is 30.5 Å². The Labute approximate surface area is 144 Å². The summed E-state index contributed by atoms with van der Waals surface area (Å²) >= 11 is 0. The lowest BCUT2D eigenvalue weighted by Crippen LogP contribution is -2.33. The van der Waals surface area contributed by atoms with Crippen LogP contribution in [0, 0.1) is 5.82 Å². The molecule has 0 unspecified atom stereocenters. The van der Waals surface area contributed by atoms with Crippen molar-refractivity contribution >= 4 is 18.0 Å². The number of halogens is 1. The quantitative estimate of drug-likeness (QED) is 0.259. The third-order valence-corrected chi connectivity index (χ3v) is 3.20. The molecule has 0 saturated heterocycles. The molecule has 0 radical (unpaired) electrons. The maximum absolute atomic E-state index is 12.7. The van der Waals surface area contributed by atoms with E-state index in [0.717, 1.165) is 10.5 Å². The molecule has 0 atom stereocenters. The van der Waals surface area contributed by atoms with Crippen LogP contribution in [0.25, 0.3) is 0 Å². The molecule has 1 aromatic carbocycles. The van der Waals surface area contributed by atoms with Gasteiger partial charge in [-0.25, -0.2) is 4.39 Å². The zero-order valence-electron chi connectivity index (χ0n) is 13.6. The molecule has 0 aromatic heterocycles. The van der Waals surface area contributed by atoms with Gasteiger partial charge in [0.05, 0.1) is 39.2 Å². The molecule has 0 saturated carbocycles. The van der Waals surface area contributed by atoms with Gasteiger partial charge in [-0.15, -0.1) is 0 Å². The molecule has 1 aliphatic rings. The van der Waals surface area contributed by atoms with Crippen LogP contribution in [0.3, 0.4) is 0 Å². The molecule has 0 bridgehead atoms. The molecule has 0 aliphatic carbocycles. The van der Waals surface area contributed by atoms with Crippen molar-refractivity contribution < 1.29 is 28.3 Å². The van der Waals surface area contributed by atoms with Gasteiger partial charge in [0.2, 0.25) is 0 Å². The minimum atomic E-state index is -0.316. The van der Waals surface area contributed by atoms with Gasteiger partial charge in [-0.1, -0.05) is 17.3 Å². The topological polar surface area (TPSA) is 77.4 Å². The van der Waals surface area contributed by atoms with Crippen LogP contribution in [0.5, 0.6) is 0 Å². The minimum Gasteiger partial charge on any atom is -0.393 e. The second-order valence-corrected chi connectivity index (χ2v) is 5.01. The Morgan fingerprint density at radius 1 is 0.920 bits per heavy atom. The van der Waals surface area contributed by atoms with E-state index in [1.54, 1.807) is 12.1 Å². The fourth-order valence-corrected chi connectivity index (χ4v) is 1.93. The highest BCUT2D eigenvalue weighted by atomic mass is 19.1. The molecule has 0 spiro atoms. The SMILES string of the molecule is O=C1C=CC(=O)N1CCOCCOCCON=Cc1ccc(F)cc1. The second kappa shape index (κ2) is 10.3. The number of ether oxygens (including phenoxy) is 2. The Balaban J connectivity index is 1.41. The smallest absolute Gasteiger partial charge is 0.253 e. The Bertz CT molecular complexity index is 612. The number of hydrogen-bond acceptors (Lipinski definition) is 6. The predicted molar refractivity (Wildman–Crippen MR) is 87.4 cm³/mol. The largest absolute Gasteiger partial charge is 0.393 e. The first-order chi connectivity index (χ1) is 12.2. The molecule has 8 heteroatoms. The van der Waals surface area contributed by atoms with Crippen LogP contribution in [0.1, 0.15) is 5.56 Å². The Morgan fingerprint density at radius 3 is 2.20 bits per heavy atom. The summed E-state index contributed by atoms with van der Waals surface area (Å²) in [4.78, 5) is 28.7. The first-order valence-electron chi connectivity index (χ1n) is 7.77. The summed E-state index contributed by atoms with van der Waals surface area (Å²) in [6.45, 7) is 1.83. The van der Waals surface area contributed by atoms with Crippen molar-refractivity contribution in [3.05, 3.63) is 47.8 Å². The molecule has 2 rings (SSSR count). The first kappa shape index (κ1) is 18.8. The predicted octanol–water partition coefficient (Wildman–Crippen LogP) is 1.13. The van der Waals surface area contributed by atoms with Gasteiger partial charge in [-0.3, -0.25) is 14.5 Å². The number of nitrogens with zero attached hydrogens (tertiary/aromatic N) is 2. The summed E-state index contributed by atoms with van der Waals surface area (Å²) in [5.74, 6) is -0.935. The van der Waals surface area contributed by atoms with Crippen molar-refractivity contribution in [3.8, 4) is 0 Å². The van der Waals surface area contributed by atoms with Crippen LogP contribution < -0.4 is 0 Å².